The van der Waals surface area contributed by atoms with E-state index in [2.05, 4.69) is 10.3 Å². The van der Waals surface area contributed by atoms with Gasteiger partial charge in [-0.05, 0) is 20.3 Å². The van der Waals surface area contributed by atoms with Crippen LogP contribution in [0.15, 0.2) is 5.38 Å². The number of aromatic nitrogens is 1. The number of amides is 1. The third kappa shape index (κ3) is 3.85. The van der Waals surface area contributed by atoms with E-state index in [0.717, 1.165) is 5.69 Å². The quantitative estimate of drug-likeness (QED) is 0.796. The molecular formula is C9H15N3OS. The summed E-state index contributed by atoms with van der Waals surface area (Å²) in [6, 6.07) is 0.0683. The Bertz CT molecular complexity index is 309. The van der Waals surface area contributed by atoms with Gasteiger partial charge in [0.05, 0.1) is 5.69 Å². The predicted molar refractivity (Wildman–Crippen MR) is 58.4 cm³/mol. The zero-order chi connectivity index (χ0) is 10.6. The number of carbonyl (C=O) groups excluding carboxylic acids is 1. The molecule has 14 heavy (non-hydrogen) atoms. The highest BCUT2D eigenvalue weighted by atomic mass is 32.1. The van der Waals surface area contributed by atoms with Crippen molar-refractivity contribution in [3.05, 3.63) is 11.1 Å². The highest BCUT2D eigenvalue weighted by Crippen LogP contribution is 2.14. The summed E-state index contributed by atoms with van der Waals surface area (Å²) in [7, 11) is 0. The maximum atomic E-state index is 11.3. The summed E-state index contributed by atoms with van der Waals surface area (Å²) in [5, 5.41) is 5.30. The molecule has 4 nitrogen and oxygen atoms in total. The van der Waals surface area contributed by atoms with Crippen molar-refractivity contribution >= 4 is 22.4 Å². The van der Waals surface area contributed by atoms with Crippen molar-refractivity contribution in [1.82, 2.24) is 4.98 Å². The Balaban J connectivity index is 2.34. The minimum absolute atomic E-state index is 0.0170. The number of anilines is 1. The van der Waals surface area contributed by atoms with E-state index in [9.17, 15) is 4.79 Å². The van der Waals surface area contributed by atoms with Crippen LogP contribution in [-0.4, -0.2) is 16.9 Å². The van der Waals surface area contributed by atoms with E-state index < -0.39 is 0 Å². The van der Waals surface area contributed by atoms with Crippen LogP contribution in [0.2, 0.25) is 0 Å². The molecule has 0 aliphatic heterocycles. The van der Waals surface area contributed by atoms with E-state index in [0.29, 0.717) is 18.0 Å². The molecule has 0 fully saturated rings. The van der Waals surface area contributed by atoms with Crippen LogP contribution in [0.1, 0.15) is 25.5 Å². The highest BCUT2D eigenvalue weighted by molar-refractivity contribution is 7.13. The van der Waals surface area contributed by atoms with E-state index in [1.807, 2.05) is 19.2 Å². The van der Waals surface area contributed by atoms with Gasteiger partial charge in [-0.2, -0.15) is 0 Å². The molecule has 0 saturated heterocycles. The predicted octanol–water partition coefficient (Wildman–Crippen LogP) is 1.52. The lowest BCUT2D eigenvalue weighted by molar-refractivity contribution is -0.116. The zero-order valence-electron chi connectivity index (χ0n) is 8.41. The van der Waals surface area contributed by atoms with E-state index in [1.165, 1.54) is 11.3 Å². The summed E-state index contributed by atoms with van der Waals surface area (Å²) in [5.41, 5.74) is 6.47. The molecule has 1 rings (SSSR count). The van der Waals surface area contributed by atoms with Crippen molar-refractivity contribution in [2.75, 3.05) is 5.32 Å². The molecule has 1 aromatic heterocycles. The standard InChI is InChI=1S/C9H15N3OS/c1-6(10)3-4-8(13)12-9-11-7(2)5-14-9/h5-6H,3-4,10H2,1-2H3,(H,11,12,13). The van der Waals surface area contributed by atoms with Crippen molar-refractivity contribution in [3.63, 3.8) is 0 Å². The first-order valence-corrected chi connectivity index (χ1v) is 5.43. The van der Waals surface area contributed by atoms with Crippen LogP contribution in [0.4, 0.5) is 5.13 Å². The van der Waals surface area contributed by atoms with Gasteiger partial charge in [-0.1, -0.05) is 0 Å². The van der Waals surface area contributed by atoms with E-state index >= 15 is 0 Å². The Morgan fingerprint density at radius 2 is 2.50 bits per heavy atom. The first-order chi connectivity index (χ1) is 6.58. The number of hydrogen-bond acceptors (Lipinski definition) is 4. The van der Waals surface area contributed by atoms with Gasteiger partial charge in [0.15, 0.2) is 5.13 Å². The fourth-order valence-corrected chi connectivity index (χ4v) is 1.66. The Hall–Kier alpha value is -0.940. The number of carbonyl (C=O) groups is 1. The highest BCUT2D eigenvalue weighted by Gasteiger charge is 2.05. The minimum atomic E-state index is -0.0170. The number of nitrogens with one attached hydrogen (secondary N) is 1. The molecule has 1 atom stereocenters. The van der Waals surface area contributed by atoms with Crippen molar-refractivity contribution in [3.8, 4) is 0 Å². The second kappa shape index (κ2) is 5.07. The fraction of sp³-hybridized carbons (Fsp3) is 0.556. The number of aryl methyl sites for hydroxylation is 1. The molecule has 1 heterocycles. The van der Waals surface area contributed by atoms with Gasteiger partial charge < -0.3 is 11.1 Å². The number of nitrogens with zero attached hydrogens (tertiary/aromatic N) is 1. The van der Waals surface area contributed by atoms with Crippen molar-refractivity contribution in [2.24, 2.45) is 5.73 Å². The van der Waals surface area contributed by atoms with Crippen molar-refractivity contribution in [1.29, 1.82) is 0 Å². The Morgan fingerprint density at radius 3 is 3.00 bits per heavy atom. The second-order valence-electron chi connectivity index (χ2n) is 3.36. The van der Waals surface area contributed by atoms with Gasteiger partial charge in [0.1, 0.15) is 0 Å². The molecule has 3 N–H and O–H groups in total. The number of rotatable bonds is 4. The van der Waals surface area contributed by atoms with Crippen LogP contribution >= 0.6 is 11.3 Å². The molecule has 0 aliphatic rings. The molecule has 0 radical (unpaired) electrons. The fourth-order valence-electron chi connectivity index (χ4n) is 0.952. The lowest BCUT2D eigenvalue weighted by atomic mass is 10.2. The molecule has 1 aromatic rings. The maximum absolute atomic E-state index is 11.3. The molecule has 1 unspecified atom stereocenters. The Morgan fingerprint density at radius 1 is 1.79 bits per heavy atom. The Labute approximate surface area is 87.5 Å². The second-order valence-corrected chi connectivity index (χ2v) is 4.22. The summed E-state index contributed by atoms with van der Waals surface area (Å²) in [6.07, 6.45) is 1.16. The van der Waals surface area contributed by atoms with Gasteiger partial charge in [0, 0.05) is 17.8 Å². The number of thiazole rings is 1. The summed E-state index contributed by atoms with van der Waals surface area (Å²) < 4.78 is 0. The maximum Gasteiger partial charge on any atom is 0.226 e. The van der Waals surface area contributed by atoms with Crippen LogP contribution in [-0.2, 0) is 4.79 Å². The molecule has 0 spiro atoms. The summed E-state index contributed by atoms with van der Waals surface area (Å²) in [4.78, 5) is 15.5. The van der Waals surface area contributed by atoms with E-state index in [1.54, 1.807) is 0 Å². The lowest BCUT2D eigenvalue weighted by Crippen LogP contribution is -2.19. The molecule has 0 saturated carbocycles. The van der Waals surface area contributed by atoms with Crippen LogP contribution in [0.3, 0.4) is 0 Å². The zero-order valence-corrected chi connectivity index (χ0v) is 9.23. The largest absolute Gasteiger partial charge is 0.328 e. The molecule has 78 valence electrons. The SMILES string of the molecule is Cc1csc(NC(=O)CCC(C)N)n1. The number of hydrogen-bond donors (Lipinski definition) is 2. The van der Waals surface area contributed by atoms with Crippen molar-refractivity contribution in [2.45, 2.75) is 32.7 Å². The molecule has 5 heteroatoms. The summed E-state index contributed by atoms with van der Waals surface area (Å²) in [5.74, 6) is -0.0170. The van der Waals surface area contributed by atoms with Crippen LogP contribution in [0.5, 0.6) is 0 Å². The molecule has 0 aromatic carbocycles. The molecule has 1 amide bonds. The third-order valence-electron chi connectivity index (χ3n) is 1.69. The van der Waals surface area contributed by atoms with Crippen molar-refractivity contribution < 1.29 is 4.79 Å². The molecular weight excluding hydrogens is 198 g/mol. The average Bonchev–Trinajstić information content (AvgIpc) is 2.48. The van der Waals surface area contributed by atoms with Gasteiger partial charge in [-0.25, -0.2) is 4.98 Å². The Kier molecular flexibility index (Phi) is 4.03. The van der Waals surface area contributed by atoms with Crippen LogP contribution in [0, 0.1) is 6.92 Å². The van der Waals surface area contributed by atoms with Gasteiger partial charge in [-0.3, -0.25) is 4.79 Å². The van der Waals surface area contributed by atoms with Gasteiger partial charge in [0.25, 0.3) is 0 Å². The first kappa shape index (κ1) is 11.1. The van der Waals surface area contributed by atoms with Crippen LogP contribution < -0.4 is 11.1 Å². The summed E-state index contributed by atoms with van der Waals surface area (Å²) in [6.45, 7) is 3.79. The molecule has 0 aliphatic carbocycles. The normalized spacial score (nSPS) is 12.5. The van der Waals surface area contributed by atoms with Gasteiger partial charge in [-0.15, -0.1) is 11.3 Å². The first-order valence-electron chi connectivity index (χ1n) is 4.55. The van der Waals surface area contributed by atoms with Gasteiger partial charge >= 0.3 is 0 Å². The smallest absolute Gasteiger partial charge is 0.226 e. The topological polar surface area (TPSA) is 68.0 Å². The molecule has 0 bridgehead atoms. The van der Waals surface area contributed by atoms with Crippen LogP contribution in [0.25, 0.3) is 0 Å². The van der Waals surface area contributed by atoms with E-state index in [4.69, 9.17) is 5.73 Å². The number of nitrogens with two attached hydrogens (primary N) is 1. The lowest BCUT2D eigenvalue weighted by Gasteiger charge is -2.03. The third-order valence-corrected chi connectivity index (χ3v) is 2.57. The summed E-state index contributed by atoms with van der Waals surface area (Å²) >= 11 is 1.44. The minimum Gasteiger partial charge on any atom is -0.328 e. The monoisotopic (exact) mass is 213 g/mol. The van der Waals surface area contributed by atoms with E-state index in [-0.39, 0.29) is 11.9 Å². The van der Waals surface area contributed by atoms with Gasteiger partial charge in [0.2, 0.25) is 5.91 Å². The average molecular weight is 213 g/mol.